The molecule has 1 aliphatic rings. The molecule has 0 aliphatic carbocycles. The maximum atomic E-state index is 12.6. The molecule has 5 nitrogen and oxygen atoms in total. The summed E-state index contributed by atoms with van der Waals surface area (Å²) in [5.41, 5.74) is 1.55. The Morgan fingerprint density at radius 2 is 2.16 bits per heavy atom. The molecule has 2 aromatic rings. The minimum absolute atomic E-state index is 0.00228. The summed E-state index contributed by atoms with van der Waals surface area (Å²) in [6.45, 7) is 4.54. The number of thioether (sulfide) groups is 2. The van der Waals surface area contributed by atoms with Crippen LogP contribution in [0.25, 0.3) is 0 Å². The standard InChI is InChI=1S/C17H18ClN3O2S2/c1-3-21-16(23)15-13(8-10(2)25-15)20-17(21)24-9-14(22)19-12-6-4-11(18)5-7-12/h4-7,10H,3,8-9H2,1-2H3,(H,19,22). The summed E-state index contributed by atoms with van der Waals surface area (Å²) in [4.78, 5) is 30.1. The van der Waals surface area contributed by atoms with Crippen molar-refractivity contribution in [2.24, 2.45) is 0 Å². The predicted octanol–water partition coefficient (Wildman–Crippen LogP) is 3.68. The molecular weight excluding hydrogens is 378 g/mol. The van der Waals surface area contributed by atoms with Gasteiger partial charge >= 0.3 is 0 Å². The Morgan fingerprint density at radius 3 is 2.84 bits per heavy atom. The van der Waals surface area contributed by atoms with Crippen molar-refractivity contribution in [2.75, 3.05) is 11.1 Å². The first-order chi connectivity index (χ1) is 12.0. The fourth-order valence-corrected chi connectivity index (χ4v) is 4.70. The van der Waals surface area contributed by atoms with Crippen LogP contribution in [0.1, 0.15) is 19.5 Å². The van der Waals surface area contributed by atoms with E-state index >= 15 is 0 Å². The molecule has 1 aromatic heterocycles. The number of carbonyl (C=O) groups is 1. The highest BCUT2D eigenvalue weighted by atomic mass is 35.5. The van der Waals surface area contributed by atoms with Gasteiger partial charge in [-0.2, -0.15) is 0 Å². The second-order valence-corrected chi connectivity index (χ2v) is 8.52. The van der Waals surface area contributed by atoms with Crippen LogP contribution >= 0.6 is 35.1 Å². The van der Waals surface area contributed by atoms with Crippen LogP contribution < -0.4 is 10.9 Å². The smallest absolute Gasteiger partial charge is 0.268 e. The van der Waals surface area contributed by atoms with E-state index < -0.39 is 0 Å². The zero-order valence-electron chi connectivity index (χ0n) is 13.9. The number of amides is 1. The van der Waals surface area contributed by atoms with Gasteiger partial charge in [0.1, 0.15) is 0 Å². The minimum Gasteiger partial charge on any atom is -0.325 e. The molecule has 3 rings (SSSR count). The Hall–Kier alpha value is -1.44. The molecule has 1 amide bonds. The second-order valence-electron chi connectivity index (χ2n) is 5.70. The van der Waals surface area contributed by atoms with Crippen LogP contribution in [-0.2, 0) is 17.8 Å². The van der Waals surface area contributed by atoms with Crippen LogP contribution in [0.15, 0.2) is 39.1 Å². The van der Waals surface area contributed by atoms with Gasteiger partial charge in [0.25, 0.3) is 5.56 Å². The van der Waals surface area contributed by atoms with Gasteiger partial charge in [0.2, 0.25) is 5.91 Å². The van der Waals surface area contributed by atoms with Gasteiger partial charge in [-0.1, -0.05) is 30.3 Å². The van der Waals surface area contributed by atoms with Crippen LogP contribution in [0.2, 0.25) is 5.02 Å². The zero-order chi connectivity index (χ0) is 18.0. The Morgan fingerprint density at radius 1 is 1.44 bits per heavy atom. The van der Waals surface area contributed by atoms with Crippen molar-refractivity contribution < 1.29 is 4.79 Å². The van der Waals surface area contributed by atoms with E-state index in [9.17, 15) is 9.59 Å². The largest absolute Gasteiger partial charge is 0.325 e. The molecule has 0 radical (unpaired) electrons. The fourth-order valence-electron chi connectivity index (χ4n) is 2.58. The second kappa shape index (κ2) is 7.85. The van der Waals surface area contributed by atoms with Crippen LogP contribution in [-0.4, -0.2) is 26.5 Å². The summed E-state index contributed by atoms with van der Waals surface area (Å²) in [6, 6.07) is 6.94. The lowest BCUT2D eigenvalue weighted by Gasteiger charge is -2.11. The topological polar surface area (TPSA) is 64.0 Å². The average Bonchev–Trinajstić information content (AvgIpc) is 2.96. The SMILES string of the molecule is CCn1c(SCC(=O)Nc2ccc(Cl)cc2)nc2c(c1=O)SC(C)C2. The normalized spacial score (nSPS) is 15.9. The van der Waals surface area contributed by atoms with E-state index in [1.807, 2.05) is 6.92 Å². The number of benzene rings is 1. The predicted molar refractivity (Wildman–Crippen MR) is 104 cm³/mol. The van der Waals surface area contributed by atoms with Crippen molar-refractivity contribution in [2.45, 2.75) is 42.1 Å². The van der Waals surface area contributed by atoms with Crippen LogP contribution in [0.4, 0.5) is 5.69 Å². The lowest BCUT2D eigenvalue weighted by atomic mass is 10.2. The monoisotopic (exact) mass is 395 g/mol. The fraction of sp³-hybridized carbons (Fsp3) is 0.353. The Kier molecular flexibility index (Phi) is 5.76. The van der Waals surface area contributed by atoms with Gasteiger partial charge in [-0.3, -0.25) is 14.2 Å². The minimum atomic E-state index is -0.146. The summed E-state index contributed by atoms with van der Waals surface area (Å²) in [5.74, 6) is 0.0452. The van der Waals surface area contributed by atoms with Gasteiger partial charge in [-0.25, -0.2) is 4.98 Å². The molecule has 0 saturated heterocycles. The first-order valence-corrected chi connectivity index (χ1v) is 10.2. The van der Waals surface area contributed by atoms with E-state index in [0.29, 0.717) is 27.7 Å². The number of hydrogen-bond donors (Lipinski definition) is 1. The highest BCUT2D eigenvalue weighted by Crippen LogP contribution is 2.34. The molecule has 2 heterocycles. The van der Waals surface area contributed by atoms with E-state index in [2.05, 4.69) is 17.2 Å². The lowest BCUT2D eigenvalue weighted by Crippen LogP contribution is -2.25. The van der Waals surface area contributed by atoms with Crippen molar-refractivity contribution in [3.63, 3.8) is 0 Å². The third-order valence-corrected chi connectivity index (χ3v) is 6.18. The molecule has 8 heteroatoms. The first kappa shape index (κ1) is 18.4. The molecule has 132 valence electrons. The number of nitrogens with zero attached hydrogens (tertiary/aromatic N) is 2. The highest BCUT2D eigenvalue weighted by molar-refractivity contribution is 8.00. The first-order valence-electron chi connectivity index (χ1n) is 7.96. The van der Waals surface area contributed by atoms with Crippen LogP contribution in [0.5, 0.6) is 0 Å². The summed E-state index contributed by atoms with van der Waals surface area (Å²) in [6.07, 6.45) is 0.796. The molecule has 1 N–H and O–H groups in total. The van der Waals surface area contributed by atoms with Gasteiger partial charge in [0, 0.05) is 28.9 Å². The summed E-state index contributed by atoms with van der Waals surface area (Å²) in [7, 11) is 0. The number of aromatic nitrogens is 2. The van der Waals surface area contributed by atoms with E-state index in [4.69, 9.17) is 11.6 Å². The molecule has 1 aromatic carbocycles. The highest BCUT2D eigenvalue weighted by Gasteiger charge is 2.26. The van der Waals surface area contributed by atoms with Gasteiger partial charge in [0.15, 0.2) is 5.16 Å². The Balaban J connectivity index is 1.71. The third kappa shape index (κ3) is 4.22. The van der Waals surface area contributed by atoms with E-state index in [1.54, 1.807) is 40.6 Å². The van der Waals surface area contributed by atoms with E-state index in [1.165, 1.54) is 11.8 Å². The number of rotatable bonds is 5. The van der Waals surface area contributed by atoms with Gasteiger partial charge < -0.3 is 5.32 Å². The average molecular weight is 396 g/mol. The number of anilines is 1. The lowest BCUT2D eigenvalue weighted by molar-refractivity contribution is -0.113. The number of halogens is 1. The van der Waals surface area contributed by atoms with Crippen LogP contribution in [0.3, 0.4) is 0 Å². The summed E-state index contributed by atoms with van der Waals surface area (Å²) >= 11 is 8.71. The molecule has 25 heavy (non-hydrogen) atoms. The van der Waals surface area contributed by atoms with Gasteiger partial charge in [-0.05, 0) is 31.2 Å². The van der Waals surface area contributed by atoms with Crippen molar-refractivity contribution in [3.8, 4) is 0 Å². The van der Waals surface area contributed by atoms with Crippen molar-refractivity contribution in [3.05, 3.63) is 45.3 Å². The number of carbonyl (C=O) groups excluding carboxylic acids is 1. The molecule has 1 unspecified atom stereocenters. The van der Waals surface area contributed by atoms with Crippen molar-refractivity contribution >= 4 is 46.7 Å². The van der Waals surface area contributed by atoms with E-state index in [-0.39, 0.29) is 17.2 Å². The summed E-state index contributed by atoms with van der Waals surface area (Å²) < 4.78 is 1.64. The maximum Gasteiger partial charge on any atom is 0.268 e. The molecule has 0 spiro atoms. The molecular formula is C17H18ClN3O2S2. The van der Waals surface area contributed by atoms with Crippen molar-refractivity contribution in [1.82, 2.24) is 9.55 Å². The Bertz CT molecular complexity index is 852. The summed E-state index contributed by atoms with van der Waals surface area (Å²) in [5, 5.41) is 4.41. The van der Waals surface area contributed by atoms with Crippen molar-refractivity contribution in [1.29, 1.82) is 0 Å². The zero-order valence-corrected chi connectivity index (χ0v) is 16.3. The number of fused-ring (bicyclic) bond motifs is 1. The molecule has 1 atom stereocenters. The van der Waals surface area contributed by atoms with Crippen LogP contribution in [0, 0.1) is 0 Å². The molecule has 1 aliphatic heterocycles. The number of hydrogen-bond acceptors (Lipinski definition) is 5. The molecule has 0 fully saturated rings. The van der Waals surface area contributed by atoms with Gasteiger partial charge in [0.05, 0.1) is 16.3 Å². The van der Waals surface area contributed by atoms with E-state index in [0.717, 1.165) is 17.0 Å². The van der Waals surface area contributed by atoms with Gasteiger partial charge in [-0.15, -0.1) is 11.8 Å². The number of nitrogens with one attached hydrogen (secondary N) is 1. The maximum absolute atomic E-state index is 12.6. The Labute approximate surface area is 159 Å². The molecule has 0 saturated carbocycles. The molecule has 0 bridgehead atoms. The third-order valence-electron chi connectivity index (χ3n) is 3.74. The quantitative estimate of drug-likeness (QED) is 0.618.